The zero-order chi connectivity index (χ0) is 11.0. The minimum Gasteiger partial charge on any atom is -0.159 e. The molecule has 0 unspecified atom stereocenters. The van der Waals surface area contributed by atoms with Crippen LogP contribution in [-0.2, 0) is 10.8 Å². The second-order valence-electron chi connectivity index (χ2n) is 5.82. The molecule has 2 nitrogen and oxygen atoms in total. The molecule has 0 bridgehead atoms. The van der Waals surface area contributed by atoms with Crippen molar-refractivity contribution in [1.29, 1.82) is 0 Å². The topological polar surface area (TPSA) is 25.8 Å². The Balaban J connectivity index is 3.31. The number of hydrogen-bond acceptors (Lipinski definition) is 2. The molecular weight excluding hydrogens is 172 g/mol. The highest BCUT2D eigenvalue weighted by Gasteiger charge is 2.25. The average Bonchev–Trinajstić information content (AvgIpc) is 2.01. The van der Waals surface area contributed by atoms with Gasteiger partial charge in [0, 0.05) is 0 Å². The maximum Gasteiger partial charge on any atom is 0.0536 e. The van der Waals surface area contributed by atoms with Crippen LogP contribution in [0.15, 0.2) is 12.4 Å². The van der Waals surface area contributed by atoms with Crippen LogP contribution in [-0.4, -0.2) is 10.2 Å². The predicted molar refractivity (Wildman–Crippen MR) is 59.4 cm³/mol. The molecule has 1 aromatic heterocycles. The van der Waals surface area contributed by atoms with Crippen LogP contribution >= 0.6 is 0 Å². The van der Waals surface area contributed by atoms with E-state index in [-0.39, 0.29) is 10.8 Å². The summed E-state index contributed by atoms with van der Waals surface area (Å²) in [5.74, 6) is 0. The molecule has 0 spiro atoms. The molecule has 0 fully saturated rings. The van der Waals surface area contributed by atoms with Crippen LogP contribution < -0.4 is 0 Å². The molecule has 78 valence electrons. The summed E-state index contributed by atoms with van der Waals surface area (Å²) in [7, 11) is 0. The van der Waals surface area contributed by atoms with E-state index in [9.17, 15) is 0 Å². The van der Waals surface area contributed by atoms with Crippen LogP contribution in [0.1, 0.15) is 52.7 Å². The van der Waals surface area contributed by atoms with Crippen LogP contribution in [0.25, 0.3) is 0 Å². The molecule has 0 atom stereocenters. The number of aromatic nitrogens is 2. The summed E-state index contributed by atoms with van der Waals surface area (Å²) in [5, 5.41) is 7.95. The summed E-state index contributed by atoms with van der Waals surface area (Å²) in [5.41, 5.74) is 2.86. The first-order chi connectivity index (χ1) is 6.23. The lowest BCUT2D eigenvalue weighted by atomic mass is 9.77. The highest BCUT2D eigenvalue weighted by Crippen LogP contribution is 2.32. The normalized spacial score (nSPS) is 13.0. The predicted octanol–water partition coefficient (Wildman–Crippen LogP) is 3.07. The average molecular weight is 192 g/mol. The molecular formula is C12H20N2. The van der Waals surface area contributed by atoms with Crippen molar-refractivity contribution < 1.29 is 0 Å². The van der Waals surface area contributed by atoms with Gasteiger partial charge in [0.15, 0.2) is 0 Å². The highest BCUT2D eigenvalue weighted by molar-refractivity contribution is 5.32. The quantitative estimate of drug-likeness (QED) is 0.631. The lowest BCUT2D eigenvalue weighted by Crippen LogP contribution is -2.22. The maximum absolute atomic E-state index is 3.98. The molecule has 0 aliphatic rings. The summed E-state index contributed by atoms with van der Waals surface area (Å²) in [6.45, 7) is 13.2. The van der Waals surface area contributed by atoms with Gasteiger partial charge in [-0.05, 0) is 22.0 Å². The van der Waals surface area contributed by atoms with E-state index in [1.165, 1.54) is 11.1 Å². The van der Waals surface area contributed by atoms with Crippen molar-refractivity contribution in [3.8, 4) is 0 Å². The fourth-order valence-electron chi connectivity index (χ4n) is 1.52. The Morgan fingerprint density at radius 3 is 1.21 bits per heavy atom. The third-order valence-corrected chi connectivity index (χ3v) is 2.35. The zero-order valence-electron chi connectivity index (χ0n) is 10.0. The van der Waals surface area contributed by atoms with E-state index >= 15 is 0 Å². The van der Waals surface area contributed by atoms with Crippen molar-refractivity contribution >= 4 is 0 Å². The molecule has 1 rings (SSSR count). The monoisotopic (exact) mass is 192 g/mol. The Morgan fingerprint density at radius 1 is 0.714 bits per heavy atom. The Hall–Kier alpha value is -0.920. The van der Waals surface area contributed by atoms with Crippen molar-refractivity contribution in [2.75, 3.05) is 0 Å². The molecule has 2 heteroatoms. The van der Waals surface area contributed by atoms with Gasteiger partial charge in [-0.15, -0.1) is 0 Å². The maximum atomic E-state index is 3.98. The minimum atomic E-state index is 0.137. The Kier molecular flexibility index (Phi) is 2.66. The van der Waals surface area contributed by atoms with Gasteiger partial charge in [-0.1, -0.05) is 41.5 Å². The van der Waals surface area contributed by atoms with Gasteiger partial charge in [0.1, 0.15) is 0 Å². The Bertz CT molecular complexity index is 283. The van der Waals surface area contributed by atoms with Gasteiger partial charge in [-0.25, -0.2) is 0 Å². The van der Waals surface area contributed by atoms with Gasteiger partial charge in [0.2, 0.25) is 0 Å². The molecule has 0 radical (unpaired) electrons. The first-order valence-electron chi connectivity index (χ1n) is 5.04. The largest absolute Gasteiger partial charge is 0.159 e. The molecule has 0 aliphatic heterocycles. The molecule has 14 heavy (non-hydrogen) atoms. The second-order valence-corrected chi connectivity index (χ2v) is 5.82. The van der Waals surface area contributed by atoms with E-state index in [1.807, 2.05) is 12.4 Å². The van der Waals surface area contributed by atoms with Gasteiger partial charge in [-0.2, -0.15) is 10.2 Å². The third-order valence-electron chi connectivity index (χ3n) is 2.35. The van der Waals surface area contributed by atoms with Gasteiger partial charge in [0.05, 0.1) is 12.4 Å². The smallest absolute Gasteiger partial charge is 0.0536 e. The number of rotatable bonds is 0. The van der Waals surface area contributed by atoms with E-state index in [0.717, 1.165) is 0 Å². The zero-order valence-corrected chi connectivity index (χ0v) is 10.0. The molecule has 1 heterocycles. The molecule has 1 aromatic rings. The lowest BCUT2D eigenvalue weighted by molar-refractivity contribution is 0.522. The van der Waals surface area contributed by atoms with E-state index < -0.39 is 0 Å². The Labute approximate surface area is 86.8 Å². The van der Waals surface area contributed by atoms with Crippen LogP contribution in [0.4, 0.5) is 0 Å². The van der Waals surface area contributed by atoms with Crippen LogP contribution in [0.2, 0.25) is 0 Å². The van der Waals surface area contributed by atoms with Crippen molar-refractivity contribution in [3.63, 3.8) is 0 Å². The number of hydrogen-bond donors (Lipinski definition) is 0. The fraction of sp³-hybridized carbons (Fsp3) is 0.667. The molecule has 0 saturated carbocycles. The van der Waals surface area contributed by atoms with Crippen molar-refractivity contribution in [2.45, 2.75) is 52.4 Å². The third kappa shape index (κ3) is 2.31. The van der Waals surface area contributed by atoms with E-state index in [4.69, 9.17) is 0 Å². The molecule has 0 saturated heterocycles. The first-order valence-corrected chi connectivity index (χ1v) is 5.04. The van der Waals surface area contributed by atoms with Crippen LogP contribution in [0.3, 0.4) is 0 Å². The first kappa shape index (κ1) is 11.2. The SMILES string of the molecule is CC(C)(C)c1cnncc1C(C)(C)C. The lowest BCUT2D eigenvalue weighted by Gasteiger charge is -2.28. The number of nitrogens with zero attached hydrogens (tertiary/aromatic N) is 2. The standard InChI is InChI=1S/C12H20N2/c1-11(2,3)9-7-13-14-8-10(9)12(4,5)6/h7-8H,1-6H3. The van der Waals surface area contributed by atoms with Gasteiger partial charge in [0.25, 0.3) is 0 Å². The molecule has 0 N–H and O–H groups in total. The molecule has 0 amide bonds. The van der Waals surface area contributed by atoms with Gasteiger partial charge >= 0.3 is 0 Å². The van der Waals surface area contributed by atoms with Gasteiger partial charge in [-0.3, -0.25) is 0 Å². The van der Waals surface area contributed by atoms with E-state index in [2.05, 4.69) is 51.7 Å². The summed E-state index contributed by atoms with van der Waals surface area (Å²) < 4.78 is 0. The fourth-order valence-corrected chi connectivity index (χ4v) is 1.52. The van der Waals surface area contributed by atoms with Crippen LogP contribution in [0, 0.1) is 0 Å². The van der Waals surface area contributed by atoms with Crippen molar-refractivity contribution in [2.24, 2.45) is 0 Å². The van der Waals surface area contributed by atoms with Crippen molar-refractivity contribution in [3.05, 3.63) is 23.5 Å². The summed E-state index contributed by atoms with van der Waals surface area (Å²) in [4.78, 5) is 0. The van der Waals surface area contributed by atoms with Crippen molar-refractivity contribution in [1.82, 2.24) is 10.2 Å². The summed E-state index contributed by atoms with van der Waals surface area (Å²) in [6.07, 6.45) is 3.78. The van der Waals surface area contributed by atoms with Gasteiger partial charge < -0.3 is 0 Å². The summed E-state index contributed by atoms with van der Waals surface area (Å²) >= 11 is 0. The van der Waals surface area contributed by atoms with Crippen LogP contribution in [0.5, 0.6) is 0 Å². The Morgan fingerprint density at radius 2 is 1.00 bits per heavy atom. The molecule has 0 aromatic carbocycles. The summed E-state index contributed by atoms with van der Waals surface area (Å²) in [6, 6.07) is 0. The highest BCUT2D eigenvalue weighted by atomic mass is 15.1. The van der Waals surface area contributed by atoms with E-state index in [1.54, 1.807) is 0 Å². The minimum absolute atomic E-state index is 0.137. The van der Waals surface area contributed by atoms with E-state index in [0.29, 0.717) is 0 Å². The molecule has 0 aliphatic carbocycles. The second kappa shape index (κ2) is 3.34.